The Labute approximate surface area is 135 Å². The topological polar surface area (TPSA) is 67.4 Å². The normalized spacial score (nSPS) is 16.3. The Morgan fingerprint density at radius 3 is 2.86 bits per heavy atom. The highest BCUT2D eigenvalue weighted by Crippen LogP contribution is 2.32. The third-order valence-corrected chi connectivity index (χ3v) is 3.75. The maximum Gasteiger partial charge on any atom is 0.265 e. The lowest BCUT2D eigenvalue weighted by molar-refractivity contribution is -0.122. The number of carbonyl (C=O) groups excluding carboxylic acids is 2. The molecule has 1 atom stereocenters. The van der Waals surface area contributed by atoms with Crippen LogP contribution in [0.15, 0.2) is 46.9 Å². The summed E-state index contributed by atoms with van der Waals surface area (Å²) in [6.07, 6.45) is -0.519. The minimum Gasteiger partial charge on any atom is -0.479 e. The molecule has 2 amide bonds. The average molecular weight is 361 g/mol. The van der Waals surface area contributed by atoms with Crippen LogP contribution in [0, 0.1) is 0 Å². The van der Waals surface area contributed by atoms with Gasteiger partial charge in [0.15, 0.2) is 6.10 Å². The van der Waals surface area contributed by atoms with Gasteiger partial charge in [-0.15, -0.1) is 0 Å². The van der Waals surface area contributed by atoms with Crippen LogP contribution in [-0.4, -0.2) is 17.9 Å². The molecule has 0 fully saturated rings. The van der Waals surface area contributed by atoms with Crippen LogP contribution < -0.4 is 15.4 Å². The van der Waals surface area contributed by atoms with Crippen molar-refractivity contribution in [2.24, 2.45) is 0 Å². The van der Waals surface area contributed by atoms with Gasteiger partial charge in [0, 0.05) is 15.7 Å². The van der Waals surface area contributed by atoms with Gasteiger partial charge in [-0.05, 0) is 43.3 Å². The van der Waals surface area contributed by atoms with Gasteiger partial charge < -0.3 is 15.4 Å². The molecule has 6 heteroatoms. The molecule has 3 rings (SSSR count). The predicted molar refractivity (Wildman–Crippen MR) is 87.3 cm³/mol. The molecule has 1 aliphatic rings. The number of fused-ring (bicyclic) bond motifs is 1. The number of hydrogen-bond donors (Lipinski definition) is 2. The van der Waals surface area contributed by atoms with Gasteiger partial charge >= 0.3 is 0 Å². The first kappa shape index (κ1) is 14.6. The van der Waals surface area contributed by atoms with Gasteiger partial charge in [-0.2, -0.15) is 0 Å². The summed E-state index contributed by atoms with van der Waals surface area (Å²) >= 11 is 3.33. The van der Waals surface area contributed by atoms with Crippen molar-refractivity contribution in [3.05, 3.63) is 52.5 Å². The number of rotatable bonds is 2. The first-order valence-electron chi connectivity index (χ1n) is 6.71. The van der Waals surface area contributed by atoms with Crippen molar-refractivity contribution < 1.29 is 14.3 Å². The van der Waals surface area contributed by atoms with E-state index in [9.17, 15) is 9.59 Å². The van der Waals surface area contributed by atoms with Crippen LogP contribution in [0.2, 0.25) is 0 Å². The van der Waals surface area contributed by atoms with Gasteiger partial charge in [-0.3, -0.25) is 9.59 Å². The molecule has 0 saturated carbocycles. The zero-order valence-electron chi connectivity index (χ0n) is 11.7. The Kier molecular flexibility index (Phi) is 3.85. The SMILES string of the molecule is C[C@H]1Oc2ccc(NC(=O)c3cccc(Br)c3)cc2NC1=O. The molecule has 5 nitrogen and oxygen atoms in total. The Hall–Kier alpha value is -2.34. The maximum atomic E-state index is 12.2. The fourth-order valence-electron chi connectivity index (χ4n) is 2.12. The van der Waals surface area contributed by atoms with Gasteiger partial charge in [0.25, 0.3) is 11.8 Å². The zero-order valence-corrected chi connectivity index (χ0v) is 13.3. The molecule has 2 N–H and O–H groups in total. The number of benzene rings is 2. The van der Waals surface area contributed by atoms with E-state index in [1.807, 2.05) is 6.07 Å². The number of amides is 2. The third-order valence-electron chi connectivity index (χ3n) is 3.26. The van der Waals surface area contributed by atoms with E-state index in [4.69, 9.17) is 4.74 Å². The van der Waals surface area contributed by atoms with Crippen molar-refractivity contribution in [2.75, 3.05) is 10.6 Å². The Morgan fingerprint density at radius 1 is 1.27 bits per heavy atom. The number of ether oxygens (including phenoxy) is 1. The van der Waals surface area contributed by atoms with Crippen molar-refractivity contribution in [1.29, 1.82) is 0 Å². The second kappa shape index (κ2) is 5.81. The summed E-state index contributed by atoms with van der Waals surface area (Å²) in [6, 6.07) is 12.2. The highest BCUT2D eigenvalue weighted by atomic mass is 79.9. The summed E-state index contributed by atoms with van der Waals surface area (Å²) in [5.41, 5.74) is 1.68. The summed E-state index contributed by atoms with van der Waals surface area (Å²) < 4.78 is 6.31. The van der Waals surface area contributed by atoms with Crippen molar-refractivity contribution in [2.45, 2.75) is 13.0 Å². The molecule has 2 aromatic rings. The molecule has 0 unspecified atom stereocenters. The highest BCUT2D eigenvalue weighted by Gasteiger charge is 2.23. The smallest absolute Gasteiger partial charge is 0.265 e. The van der Waals surface area contributed by atoms with E-state index >= 15 is 0 Å². The van der Waals surface area contributed by atoms with Crippen molar-refractivity contribution in [1.82, 2.24) is 0 Å². The minimum atomic E-state index is -0.519. The van der Waals surface area contributed by atoms with E-state index in [0.29, 0.717) is 22.7 Å². The van der Waals surface area contributed by atoms with Crippen LogP contribution in [0.3, 0.4) is 0 Å². The van der Waals surface area contributed by atoms with Gasteiger partial charge in [0.05, 0.1) is 5.69 Å². The van der Waals surface area contributed by atoms with Crippen LogP contribution in [0.5, 0.6) is 5.75 Å². The van der Waals surface area contributed by atoms with E-state index < -0.39 is 6.10 Å². The van der Waals surface area contributed by atoms with Crippen molar-refractivity contribution in [3.8, 4) is 5.75 Å². The van der Waals surface area contributed by atoms with Crippen LogP contribution in [-0.2, 0) is 4.79 Å². The second-order valence-electron chi connectivity index (χ2n) is 4.92. The van der Waals surface area contributed by atoms with E-state index in [2.05, 4.69) is 26.6 Å². The number of carbonyl (C=O) groups is 2. The minimum absolute atomic E-state index is 0.206. The molecule has 112 valence electrons. The van der Waals surface area contributed by atoms with E-state index in [1.54, 1.807) is 43.3 Å². The summed E-state index contributed by atoms with van der Waals surface area (Å²) in [5.74, 6) is 0.160. The van der Waals surface area contributed by atoms with Crippen LogP contribution in [0.1, 0.15) is 17.3 Å². The van der Waals surface area contributed by atoms with E-state index in [-0.39, 0.29) is 11.8 Å². The Morgan fingerprint density at radius 2 is 2.09 bits per heavy atom. The molecule has 0 saturated heterocycles. The first-order chi connectivity index (χ1) is 10.5. The number of halogens is 1. The fraction of sp³-hybridized carbons (Fsp3) is 0.125. The third kappa shape index (κ3) is 2.96. The summed E-state index contributed by atoms with van der Waals surface area (Å²) in [7, 11) is 0. The highest BCUT2D eigenvalue weighted by molar-refractivity contribution is 9.10. The number of nitrogens with one attached hydrogen (secondary N) is 2. The molecule has 22 heavy (non-hydrogen) atoms. The van der Waals surface area contributed by atoms with Crippen LogP contribution in [0.4, 0.5) is 11.4 Å². The first-order valence-corrected chi connectivity index (χ1v) is 7.51. The predicted octanol–water partition coefficient (Wildman–Crippen LogP) is 3.42. The maximum absolute atomic E-state index is 12.2. The number of hydrogen-bond acceptors (Lipinski definition) is 3. The van der Waals surface area contributed by atoms with Gasteiger partial charge in [-0.1, -0.05) is 22.0 Å². The van der Waals surface area contributed by atoms with E-state index in [1.165, 1.54) is 0 Å². The fourth-order valence-corrected chi connectivity index (χ4v) is 2.52. The molecular formula is C16H13BrN2O3. The quantitative estimate of drug-likeness (QED) is 0.861. The average Bonchev–Trinajstić information content (AvgIpc) is 2.49. The van der Waals surface area contributed by atoms with Crippen LogP contribution >= 0.6 is 15.9 Å². The molecule has 0 radical (unpaired) electrons. The standard InChI is InChI=1S/C16H13BrN2O3/c1-9-15(20)19-13-8-12(5-6-14(13)22-9)18-16(21)10-3-2-4-11(17)7-10/h2-9H,1H3,(H,18,21)(H,19,20)/t9-/m1/s1. The lowest BCUT2D eigenvalue weighted by Gasteiger charge is -2.23. The van der Waals surface area contributed by atoms with Crippen LogP contribution in [0.25, 0.3) is 0 Å². The number of anilines is 2. The Bertz CT molecular complexity index is 761. The molecule has 0 bridgehead atoms. The molecule has 0 aromatic heterocycles. The summed E-state index contributed by atoms with van der Waals surface area (Å²) in [5, 5.41) is 5.54. The molecule has 0 aliphatic carbocycles. The van der Waals surface area contributed by atoms with E-state index in [0.717, 1.165) is 4.47 Å². The molecule has 1 aliphatic heterocycles. The molecule has 0 spiro atoms. The zero-order chi connectivity index (χ0) is 15.7. The van der Waals surface area contributed by atoms with Gasteiger partial charge in [0.2, 0.25) is 0 Å². The lowest BCUT2D eigenvalue weighted by atomic mass is 10.2. The lowest BCUT2D eigenvalue weighted by Crippen LogP contribution is -2.34. The summed E-state index contributed by atoms with van der Waals surface area (Å²) in [4.78, 5) is 23.8. The van der Waals surface area contributed by atoms with Crippen molar-refractivity contribution in [3.63, 3.8) is 0 Å². The molecule has 1 heterocycles. The largest absolute Gasteiger partial charge is 0.479 e. The monoisotopic (exact) mass is 360 g/mol. The summed E-state index contributed by atoms with van der Waals surface area (Å²) in [6.45, 7) is 1.68. The molecule has 2 aromatic carbocycles. The van der Waals surface area contributed by atoms with Crippen molar-refractivity contribution >= 4 is 39.1 Å². The van der Waals surface area contributed by atoms with Gasteiger partial charge in [-0.25, -0.2) is 0 Å². The molecular weight excluding hydrogens is 348 g/mol. The second-order valence-corrected chi connectivity index (χ2v) is 5.84. The van der Waals surface area contributed by atoms with Gasteiger partial charge in [0.1, 0.15) is 5.75 Å². The Balaban J connectivity index is 1.80.